The van der Waals surface area contributed by atoms with Gasteiger partial charge in [0.05, 0.1) is 6.04 Å². The quantitative estimate of drug-likeness (QED) is 0.808. The molecule has 4 nitrogen and oxygen atoms in total. The molecule has 16 heavy (non-hydrogen) atoms. The van der Waals surface area contributed by atoms with E-state index >= 15 is 0 Å². The minimum atomic E-state index is -0.428. The van der Waals surface area contributed by atoms with E-state index in [2.05, 4.69) is 4.98 Å². The van der Waals surface area contributed by atoms with Crippen molar-refractivity contribution in [2.75, 3.05) is 13.1 Å². The van der Waals surface area contributed by atoms with Crippen molar-refractivity contribution in [2.24, 2.45) is 5.73 Å². The second-order valence-corrected chi connectivity index (χ2v) is 4.20. The van der Waals surface area contributed by atoms with Crippen LogP contribution >= 0.6 is 0 Å². The molecule has 2 rings (SSSR count). The van der Waals surface area contributed by atoms with Gasteiger partial charge in [0.1, 0.15) is 0 Å². The average molecular weight is 219 g/mol. The molecule has 1 fully saturated rings. The summed E-state index contributed by atoms with van der Waals surface area (Å²) in [5, 5.41) is 0. The lowest BCUT2D eigenvalue weighted by Gasteiger charge is -2.20. The number of amides is 1. The fraction of sp³-hybridized carbons (Fsp3) is 0.500. The van der Waals surface area contributed by atoms with E-state index in [-0.39, 0.29) is 5.91 Å². The summed E-state index contributed by atoms with van der Waals surface area (Å²) in [5.74, 6) is 0.0707. The van der Waals surface area contributed by atoms with E-state index in [0.29, 0.717) is 6.42 Å². The first-order valence-electron chi connectivity index (χ1n) is 5.70. The fourth-order valence-corrected chi connectivity index (χ4v) is 2.03. The number of carbonyl (C=O) groups excluding carboxylic acids is 1. The molecule has 0 radical (unpaired) electrons. The molecule has 4 heteroatoms. The molecule has 0 spiro atoms. The molecule has 2 heterocycles. The summed E-state index contributed by atoms with van der Waals surface area (Å²) in [7, 11) is 0. The van der Waals surface area contributed by atoms with Gasteiger partial charge in [-0.1, -0.05) is 6.07 Å². The maximum atomic E-state index is 11.9. The van der Waals surface area contributed by atoms with Crippen LogP contribution in [0.15, 0.2) is 24.5 Å². The fourth-order valence-electron chi connectivity index (χ4n) is 2.03. The van der Waals surface area contributed by atoms with Gasteiger partial charge in [0, 0.05) is 25.5 Å². The van der Waals surface area contributed by atoms with Gasteiger partial charge in [-0.05, 0) is 30.9 Å². The van der Waals surface area contributed by atoms with Crippen LogP contribution in [0, 0.1) is 0 Å². The Morgan fingerprint density at radius 1 is 1.50 bits per heavy atom. The summed E-state index contributed by atoms with van der Waals surface area (Å²) < 4.78 is 0. The molecule has 2 N–H and O–H groups in total. The Morgan fingerprint density at radius 2 is 2.25 bits per heavy atom. The van der Waals surface area contributed by atoms with Crippen molar-refractivity contribution in [1.29, 1.82) is 0 Å². The largest absolute Gasteiger partial charge is 0.341 e. The Bertz CT molecular complexity index is 347. The van der Waals surface area contributed by atoms with E-state index in [1.165, 1.54) is 0 Å². The number of carbonyl (C=O) groups is 1. The van der Waals surface area contributed by atoms with Gasteiger partial charge in [-0.2, -0.15) is 0 Å². The van der Waals surface area contributed by atoms with Gasteiger partial charge in [-0.25, -0.2) is 0 Å². The van der Waals surface area contributed by atoms with Crippen LogP contribution in [0.5, 0.6) is 0 Å². The molecule has 0 bridgehead atoms. The lowest BCUT2D eigenvalue weighted by Crippen LogP contribution is -2.43. The third kappa shape index (κ3) is 2.58. The molecule has 0 saturated carbocycles. The molecule has 86 valence electrons. The Kier molecular flexibility index (Phi) is 3.51. The second-order valence-electron chi connectivity index (χ2n) is 4.20. The molecular formula is C12H17N3O. The summed E-state index contributed by atoms with van der Waals surface area (Å²) in [6.45, 7) is 1.72. The van der Waals surface area contributed by atoms with Gasteiger partial charge < -0.3 is 10.6 Å². The van der Waals surface area contributed by atoms with Crippen molar-refractivity contribution >= 4 is 5.91 Å². The van der Waals surface area contributed by atoms with Crippen LogP contribution < -0.4 is 5.73 Å². The van der Waals surface area contributed by atoms with Crippen LogP contribution in [0.2, 0.25) is 0 Å². The summed E-state index contributed by atoms with van der Waals surface area (Å²) in [6, 6.07) is 3.38. The normalized spacial score (nSPS) is 17.4. The summed E-state index contributed by atoms with van der Waals surface area (Å²) in [4.78, 5) is 17.8. The van der Waals surface area contributed by atoms with E-state index in [0.717, 1.165) is 31.5 Å². The molecule has 1 aliphatic rings. The van der Waals surface area contributed by atoms with Crippen LogP contribution in [0.4, 0.5) is 0 Å². The smallest absolute Gasteiger partial charge is 0.239 e. The predicted octanol–water partition coefficient (Wildman–Crippen LogP) is 0.574. The lowest BCUT2D eigenvalue weighted by atomic mass is 10.1. The number of nitrogens with two attached hydrogens (primary N) is 1. The number of hydrogen-bond donors (Lipinski definition) is 1. The monoisotopic (exact) mass is 219 g/mol. The second kappa shape index (κ2) is 5.07. The zero-order valence-electron chi connectivity index (χ0n) is 9.30. The summed E-state index contributed by atoms with van der Waals surface area (Å²) in [6.07, 6.45) is 6.26. The predicted molar refractivity (Wildman–Crippen MR) is 61.7 cm³/mol. The number of pyridine rings is 1. The van der Waals surface area contributed by atoms with Gasteiger partial charge in [0.2, 0.25) is 5.91 Å². The Labute approximate surface area is 95.5 Å². The Balaban J connectivity index is 1.92. The maximum absolute atomic E-state index is 11.9. The van der Waals surface area contributed by atoms with Crippen molar-refractivity contribution < 1.29 is 4.79 Å². The molecule has 1 aliphatic heterocycles. The highest BCUT2D eigenvalue weighted by molar-refractivity contribution is 5.82. The number of rotatable bonds is 3. The van der Waals surface area contributed by atoms with E-state index in [4.69, 9.17) is 5.73 Å². The minimum absolute atomic E-state index is 0.0707. The minimum Gasteiger partial charge on any atom is -0.341 e. The van der Waals surface area contributed by atoms with Crippen LogP contribution in [0.1, 0.15) is 18.4 Å². The molecule has 1 atom stereocenters. The number of nitrogens with zero attached hydrogens (tertiary/aromatic N) is 2. The van der Waals surface area contributed by atoms with Gasteiger partial charge >= 0.3 is 0 Å². The zero-order chi connectivity index (χ0) is 11.4. The van der Waals surface area contributed by atoms with Crippen molar-refractivity contribution in [3.8, 4) is 0 Å². The molecule has 1 aromatic heterocycles. The van der Waals surface area contributed by atoms with Gasteiger partial charge in [-0.15, -0.1) is 0 Å². The van der Waals surface area contributed by atoms with Crippen molar-refractivity contribution in [3.05, 3.63) is 30.1 Å². The first-order valence-corrected chi connectivity index (χ1v) is 5.70. The van der Waals surface area contributed by atoms with Crippen molar-refractivity contribution in [1.82, 2.24) is 9.88 Å². The van der Waals surface area contributed by atoms with E-state index in [9.17, 15) is 4.79 Å². The number of hydrogen-bond acceptors (Lipinski definition) is 3. The highest BCUT2D eigenvalue weighted by Gasteiger charge is 2.23. The lowest BCUT2D eigenvalue weighted by molar-refractivity contribution is -0.131. The topological polar surface area (TPSA) is 59.2 Å². The third-order valence-corrected chi connectivity index (χ3v) is 2.91. The van der Waals surface area contributed by atoms with Crippen molar-refractivity contribution in [2.45, 2.75) is 25.3 Å². The zero-order valence-corrected chi connectivity index (χ0v) is 9.30. The van der Waals surface area contributed by atoms with E-state index in [1.54, 1.807) is 12.4 Å². The number of likely N-dealkylation sites (tertiary alicyclic amines) is 1. The average Bonchev–Trinajstić information content (AvgIpc) is 2.83. The molecule has 0 aliphatic carbocycles. The van der Waals surface area contributed by atoms with Gasteiger partial charge in [-0.3, -0.25) is 9.78 Å². The maximum Gasteiger partial charge on any atom is 0.239 e. The Morgan fingerprint density at radius 3 is 2.88 bits per heavy atom. The van der Waals surface area contributed by atoms with Crippen LogP contribution in [0.3, 0.4) is 0 Å². The molecule has 1 aromatic rings. The van der Waals surface area contributed by atoms with Crippen LogP contribution in [-0.4, -0.2) is 34.9 Å². The SMILES string of the molecule is N[C@@H](Cc1cccnc1)C(=O)N1CCCC1. The molecular weight excluding hydrogens is 202 g/mol. The third-order valence-electron chi connectivity index (χ3n) is 2.91. The molecule has 0 unspecified atom stereocenters. The van der Waals surface area contributed by atoms with Gasteiger partial charge in [0.15, 0.2) is 0 Å². The van der Waals surface area contributed by atoms with Gasteiger partial charge in [0.25, 0.3) is 0 Å². The number of aromatic nitrogens is 1. The highest BCUT2D eigenvalue weighted by Crippen LogP contribution is 2.10. The standard InChI is InChI=1S/C12H17N3O/c13-11(8-10-4-3-5-14-9-10)12(16)15-6-1-2-7-15/h3-5,9,11H,1-2,6-8,13H2/t11-/m0/s1. The van der Waals surface area contributed by atoms with Crippen LogP contribution in [-0.2, 0) is 11.2 Å². The van der Waals surface area contributed by atoms with Crippen LogP contribution in [0.25, 0.3) is 0 Å². The molecule has 1 saturated heterocycles. The highest BCUT2D eigenvalue weighted by atomic mass is 16.2. The van der Waals surface area contributed by atoms with E-state index < -0.39 is 6.04 Å². The van der Waals surface area contributed by atoms with E-state index in [1.807, 2.05) is 17.0 Å². The molecule has 0 aromatic carbocycles. The summed E-state index contributed by atoms with van der Waals surface area (Å²) in [5.41, 5.74) is 6.93. The van der Waals surface area contributed by atoms with Crippen molar-refractivity contribution in [3.63, 3.8) is 0 Å². The molecule has 1 amide bonds. The Hall–Kier alpha value is -1.42. The summed E-state index contributed by atoms with van der Waals surface area (Å²) >= 11 is 0. The first kappa shape index (κ1) is 11.1. The first-order chi connectivity index (χ1) is 7.77.